The predicted molar refractivity (Wildman–Crippen MR) is 95.0 cm³/mol. The van der Waals surface area contributed by atoms with Crippen molar-refractivity contribution >= 4 is 23.6 Å². The summed E-state index contributed by atoms with van der Waals surface area (Å²) in [6.07, 6.45) is 3.04. The topological polar surface area (TPSA) is 73.9 Å². The van der Waals surface area contributed by atoms with E-state index in [0.29, 0.717) is 22.7 Å². The molecule has 0 saturated carbocycles. The number of amides is 1. The van der Waals surface area contributed by atoms with Gasteiger partial charge in [0.15, 0.2) is 0 Å². The van der Waals surface area contributed by atoms with Crippen molar-refractivity contribution < 1.29 is 23.8 Å². The van der Waals surface area contributed by atoms with Crippen LogP contribution < -0.4 is 14.8 Å². The van der Waals surface area contributed by atoms with Crippen LogP contribution in [0.15, 0.2) is 48.5 Å². The fourth-order valence-electron chi connectivity index (χ4n) is 2.11. The Kier molecular flexibility index (Phi) is 6.17. The molecule has 0 unspecified atom stereocenters. The van der Waals surface area contributed by atoms with E-state index in [-0.39, 0.29) is 5.91 Å². The molecule has 0 aliphatic carbocycles. The molecule has 0 aliphatic heterocycles. The van der Waals surface area contributed by atoms with Crippen LogP contribution in [0, 0.1) is 0 Å². The number of hydrogen-bond donors (Lipinski definition) is 1. The molecule has 25 heavy (non-hydrogen) atoms. The van der Waals surface area contributed by atoms with Gasteiger partial charge in [0, 0.05) is 12.1 Å². The monoisotopic (exact) mass is 341 g/mol. The van der Waals surface area contributed by atoms with Gasteiger partial charge in [-0.25, -0.2) is 4.79 Å². The molecule has 130 valence electrons. The fourth-order valence-corrected chi connectivity index (χ4v) is 2.11. The van der Waals surface area contributed by atoms with Gasteiger partial charge in [0.1, 0.15) is 11.5 Å². The summed E-state index contributed by atoms with van der Waals surface area (Å²) in [4.78, 5) is 23.5. The zero-order valence-corrected chi connectivity index (χ0v) is 14.2. The molecular formula is C19H19NO5. The minimum Gasteiger partial charge on any atom is -0.497 e. The fraction of sp³-hybridized carbons (Fsp3) is 0.158. The van der Waals surface area contributed by atoms with Crippen LogP contribution in [0.25, 0.3) is 6.08 Å². The lowest BCUT2D eigenvalue weighted by molar-refractivity contribution is -0.111. The van der Waals surface area contributed by atoms with E-state index in [1.165, 1.54) is 20.3 Å². The van der Waals surface area contributed by atoms with Crippen LogP contribution in [0.3, 0.4) is 0 Å². The Balaban J connectivity index is 2.07. The summed E-state index contributed by atoms with van der Waals surface area (Å²) in [6, 6.07) is 11.8. The summed E-state index contributed by atoms with van der Waals surface area (Å²) in [7, 11) is 4.40. The van der Waals surface area contributed by atoms with Gasteiger partial charge >= 0.3 is 5.97 Å². The van der Waals surface area contributed by atoms with Crippen LogP contribution in [-0.2, 0) is 9.53 Å². The standard InChI is InChI=1S/C19H19NO5/c1-23-15-9-10-17(24-2)16(12-15)20-18(21)11-6-13-4-7-14(8-5-13)19(22)25-3/h4-12H,1-3H3,(H,20,21)/b11-6+. The van der Waals surface area contributed by atoms with Gasteiger partial charge in [0.2, 0.25) is 5.91 Å². The number of methoxy groups -OCH3 is 3. The highest BCUT2D eigenvalue weighted by Crippen LogP contribution is 2.28. The van der Waals surface area contributed by atoms with E-state index in [0.717, 1.165) is 5.56 Å². The van der Waals surface area contributed by atoms with Crippen molar-refractivity contribution in [3.63, 3.8) is 0 Å². The summed E-state index contributed by atoms with van der Waals surface area (Å²) >= 11 is 0. The number of nitrogens with one attached hydrogen (secondary N) is 1. The summed E-state index contributed by atoms with van der Waals surface area (Å²) in [5.41, 5.74) is 1.74. The van der Waals surface area contributed by atoms with Gasteiger partial charge in [-0.05, 0) is 35.9 Å². The lowest BCUT2D eigenvalue weighted by Gasteiger charge is -2.10. The molecule has 1 amide bonds. The van der Waals surface area contributed by atoms with E-state index in [4.69, 9.17) is 9.47 Å². The Bertz CT molecular complexity index is 781. The van der Waals surface area contributed by atoms with Crippen molar-refractivity contribution in [2.24, 2.45) is 0 Å². The highest BCUT2D eigenvalue weighted by atomic mass is 16.5. The highest BCUT2D eigenvalue weighted by molar-refractivity contribution is 6.03. The third kappa shape index (κ3) is 4.84. The quantitative estimate of drug-likeness (QED) is 0.645. The molecule has 2 rings (SSSR count). The molecule has 0 heterocycles. The minimum absolute atomic E-state index is 0.316. The van der Waals surface area contributed by atoms with E-state index in [9.17, 15) is 9.59 Å². The lowest BCUT2D eigenvalue weighted by Crippen LogP contribution is -2.09. The molecule has 6 heteroatoms. The molecule has 0 radical (unpaired) electrons. The second-order valence-electron chi connectivity index (χ2n) is 5.00. The van der Waals surface area contributed by atoms with Crippen LogP contribution in [-0.4, -0.2) is 33.2 Å². The molecule has 6 nitrogen and oxygen atoms in total. The maximum atomic E-state index is 12.1. The van der Waals surface area contributed by atoms with Crippen LogP contribution in [0.4, 0.5) is 5.69 Å². The second kappa shape index (κ2) is 8.54. The molecule has 0 aliphatic rings. The van der Waals surface area contributed by atoms with Gasteiger partial charge < -0.3 is 19.5 Å². The van der Waals surface area contributed by atoms with Gasteiger partial charge in [0.05, 0.1) is 32.6 Å². The number of ether oxygens (including phenoxy) is 3. The van der Waals surface area contributed by atoms with E-state index in [1.54, 1.807) is 55.7 Å². The van der Waals surface area contributed by atoms with Crippen molar-refractivity contribution in [3.05, 3.63) is 59.7 Å². The first-order chi connectivity index (χ1) is 12.1. The number of carbonyl (C=O) groups excluding carboxylic acids is 2. The van der Waals surface area contributed by atoms with Crippen molar-refractivity contribution in [1.82, 2.24) is 0 Å². The number of rotatable bonds is 6. The third-order valence-electron chi connectivity index (χ3n) is 3.42. The predicted octanol–water partition coefficient (Wildman–Crippen LogP) is 3.14. The zero-order valence-electron chi connectivity index (χ0n) is 14.2. The summed E-state index contributed by atoms with van der Waals surface area (Å²) in [5.74, 6) is 0.422. The van der Waals surface area contributed by atoms with E-state index in [2.05, 4.69) is 10.1 Å². The molecule has 0 atom stereocenters. The average molecular weight is 341 g/mol. The first kappa shape index (κ1) is 18.1. The largest absolute Gasteiger partial charge is 0.497 e. The summed E-state index contributed by atoms with van der Waals surface area (Å²) in [6.45, 7) is 0. The highest BCUT2D eigenvalue weighted by Gasteiger charge is 2.07. The summed E-state index contributed by atoms with van der Waals surface area (Å²) < 4.78 is 15.0. The third-order valence-corrected chi connectivity index (χ3v) is 3.42. The lowest BCUT2D eigenvalue weighted by atomic mass is 10.1. The van der Waals surface area contributed by atoms with Gasteiger partial charge in [-0.1, -0.05) is 12.1 Å². The Morgan fingerprint density at radius 2 is 1.68 bits per heavy atom. The maximum Gasteiger partial charge on any atom is 0.337 e. The number of hydrogen-bond acceptors (Lipinski definition) is 5. The van der Waals surface area contributed by atoms with E-state index < -0.39 is 5.97 Å². The van der Waals surface area contributed by atoms with Gasteiger partial charge in [-0.3, -0.25) is 4.79 Å². The van der Waals surface area contributed by atoms with Gasteiger partial charge in [0.25, 0.3) is 0 Å². The Labute approximate surface area is 146 Å². The van der Waals surface area contributed by atoms with Crippen molar-refractivity contribution in [2.45, 2.75) is 0 Å². The van der Waals surface area contributed by atoms with E-state index >= 15 is 0 Å². The molecular weight excluding hydrogens is 322 g/mol. The molecule has 2 aromatic carbocycles. The van der Waals surface area contributed by atoms with Crippen LogP contribution in [0.2, 0.25) is 0 Å². The number of carbonyl (C=O) groups is 2. The van der Waals surface area contributed by atoms with Crippen molar-refractivity contribution in [2.75, 3.05) is 26.6 Å². The molecule has 2 aromatic rings. The Morgan fingerprint density at radius 3 is 2.28 bits per heavy atom. The maximum absolute atomic E-state index is 12.1. The molecule has 0 spiro atoms. The van der Waals surface area contributed by atoms with Crippen LogP contribution in [0.1, 0.15) is 15.9 Å². The van der Waals surface area contributed by atoms with E-state index in [1.807, 2.05) is 0 Å². The van der Waals surface area contributed by atoms with Crippen LogP contribution >= 0.6 is 0 Å². The van der Waals surface area contributed by atoms with Crippen molar-refractivity contribution in [1.29, 1.82) is 0 Å². The number of benzene rings is 2. The average Bonchev–Trinajstić information content (AvgIpc) is 2.66. The Hall–Kier alpha value is -3.28. The van der Waals surface area contributed by atoms with Gasteiger partial charge in [-0.15, -0.1) is 0 Å². The number of anilines is 1. The van der Waals surface area contributed by atoms with Crippen LogP contribution in [0.5, 0.6) is 11.5 Å². The van der Waals surface area contributed by atoms with Gasteiger partial charge in [-0.2, -0.15) is 0 Å². The molecule has 0 bridgehead atoms. The SMILES string of the molecule is COC(=O)c1ccc(/C=C/C(=O)Nc2cc(OC)ccc2OC)cc1. The second-order valence-corrected chi connectivity index (χ2v) is 5.00. The normalized spacial score (nSPS) is 10.4. The first-order valence-electron chi connectivity index (χ1n) is 7.47. The molecule has 0 fully saturated rings. The molecule has 0 aromatic heterocycles. The Morgan fingerprint density at radius 1 is 0.960 bits per heavy atom. The molecule has 1 N–H and O–H groups in total. The zero-order chi connectivity index (χ0) is 18.2. The first-order valence-corrected chi connectivity index (χ1v) is 7.47. The minimum atomic E-state index is -0.404. The van der Waals surface area contributed by atoms with Crippen molar-refractivity contribution in [3.8, 4) is 11.5 Å². The molecule has 0 saturated heterocycles. The number of esters is 1. The smallest absolute Gasteiger partial charge is 0.337 e. The summed E-state index contributed by atoms with van der Waals surface area (Å²) in [5, 5.41) is 2.74.